The highest BCUT2D eigenvalue weighted by atomic mass is 35.5. The number of amides is 2. The molecule has 0 fully saturated rings. The normalized spacial score (nSPS) is 13.2. The number of nitrogens with zero attached hydrogens (tertiary/aromatic N) is 2. The standard InChI is InChI=1S/C19H23ClN4O2/c1-2-10-21-19(26)17-23-16(15-9-5-6-11-24(15)17)18(25)22-12-13-7-3-4-8-14(13)20/h3-4,7-8H,2,5-6,9-12H2,1H3,(H,21,26)(H,22,25). The number of rotatable bonds is 6. The molecule has 0 radical (unpaired) electrons. The van der Waals surface area contributed by atoms with E-state index in [1.165, 1.54) is 0 Å². The van der Waals surface area contributed by atoms with E-state index >= 15 is 0 Å². The Morgan fingerprint density at radius 1 is 1.19 bits per heavy atom. The number of hydrogen-bond donors (Lipinski definition) is 2. The summed E-state index contributed by atoms with van der Waals surface area (Å²) in [5, 5.41) is 6.33. The lowest BCUT2D eigenvalue weighted by Crippen LogP contribution is -2.28. The van der Waals surface area contributed by atoms with Crippen molar-refractivity contribution < 1.29 is 9.59 Å². The largest absolute Gasteiger partial charge is 0.349 e. The number of imidazole rings is 1. The van der Waals surface area contributed by atoms with Gasteiger partial charge in [0, 0.05) is 24.7 Å². The van der Waals surface area contributed by atoms with Crippen LogP contribution in [0.1, 0.15) is 58.6 Å². The summed E-state index contributed by atoms with van der Waals surface area (Å²) < 4.78 is 1.89. The zero-order valence-corrected chi connectivity index (χ0v) is 15.6. The van der Waals surface area contributed by atoms with Crippen molar-refractivity contribution in [1.82, 2.24) is 20.2 Å². The Bertz CT molecular complexity index is 816. The van der Waals surface area contributed by atoms with Gasteiger partial charge in [-0.15, -0.1) is 0 Å². The molecule has 2 amide bonds. The van der Waals surface area contributed by atoms with Crippen LogP contribution in [0.4, 0.5) is 0 Å². The van der Waals surface area contributed by atoms with Crippen molar-refractivity contribution >= 4 is 23.4 Å². The Hall–Kier alpha value is -2.34. The average Bonchev–Trinajstić information content (AvgIpc) is 3.05. The minimum atomic E-state index is -0.273. The van der Waals surface area contributed by atoms with Gasteiger partial charge in [0.1, 0.15) is 5.69 Å². The van der Waals surface area contributed by atoms with Crippen LogP contribution >= 0.6 is 11.6 Å². The molecule has 0 atom stereocenters. The lowest BCUT2D eigenvalue weighted by atomic mass is 10.1. The summed E-state index contributed by atoms with van der Waals surface area (Å²) in [6.45, 7) is 3.63. The van der Waals surface area contributed by atoms with Crippen LogP contribution in [0.5, 0.6) is 0 Å². The van der Waals surface area contributed by atoms with Crippen molar-refractivity contribution in [3.8, 4) is 0 Å². The first kappa shape index (κ1) is 18.5. The maximum absolute atomic E-state index is 12.7. The molecular weight excluding hydrogens is 352 g/mol. The van der Waals surface area contributed by atoms with Gasteiger partial charge in [-0.05, 0) is 37.3 Å². The molecule has 1 aromatic carbocycles. The second-order valence-electron chi connectivity index (χ2n) is 6.37. The Labute approximate surface area is 157 Å². The molecule has 2 heterocycles. The SMILES string of the molecule is CCCNC(=O)c1nc(C(=O)NCc2ccccc2Cl)c2n1CCCC2. The highest BCUT2D eigenvalue weighted by Crippen LogP contribution is 2.21. The summed E-state index contributed by atoms with van der Waals surface area (Å²) in [7, 11) is 0. The molecule has 0 aliphatic carbocycles. The van der Waals surface area contributed by atoms with E-state index < -0.39 is 0 Å². The summed E-state index contributed by atoms with van der Waals surface area (Å²) in [5.41, 5.74) is 2.03. The first-order valence-electron chi connectivity index (χ1n) is 9.01. The van der Waals surface area contributed by atoms with Gasteiger partial charge in [-0.3, -0.25) is 9.59 Å². The maximum Gasteiger partial charge on any atom is 0.287 e. The van der Waals surface area contributed by atoms with Crippen molar-refractivity contribution in [2.24, 2.45) is 0 Å². The summed E-state index contributed by atoms with van der Waals surface area (Å²) in [6.07, 6.45) is 3.58. The van der Waals surface area contributed by atoms with Crippen LogP contribution in [0.2, 0.25) is 5.02 Å². The number of fused-ring (bicyclic) bond motifs is 1. The van der Waals surface area contributed by atoms with Crippen LogP contribution in [0, 0.1) is 0 Å². The number of hydrogen-bond acceptors (Lipinski definition) is 3. The van der Waals surface area contributed by atoms with Crippen molar-refractivity contribution in [3.63, 3.8) is 0 Å². The minimum absolute atomic E-state index is 0.222. The molecular formula is C19H23ClN4O2. The molecule has 0 spiro atoms. The van der Waals surface area contributed by atoms with Gasteiger partial charge in [0.15, 0.2) is 5.82 Å². The van der Waals surface area contributed by atoms with Gasteiger partial charge in [-0.25, -0.2) is 4.98 Å². The predicted octanol–water partition coefficient (Wildman–Crippen LogP) is 2.94. The van der Waals surface area contributed by atoms with Crippen LogP contribution in [0.15, 0.2) is 24.3 Å². The van der Waals surface area contributed by atoms with E-state index in [9.17, 15) is 9.59 Å². The molecule has 1 aliphatic rings. The van der Waals surface area contributed by atoms with E-state index in [0.717, 1.165) is 43.5 Å². The van der Waals surface area contributed by atoms with Gasteiger partial charge in [-0.1, -0.05) is 36.7 Å². The Morgan fingerprint density at radius 2 is 2.00 bits per heavy atom. The third-order valence-electron chi connectivity index (χ3n) is 4.47. The molecule has 1 aliphatic heterocycles. The first-order valence-corrected chi connectivity index (χ1v) is 9.38. The zero-order chi connectivity index (χ0) is 18.5. The number of carbonyl (C=O) groups excluding carboxylic acids is 2. The fourth-order valence-electron chi connectivity index (χ4n) is 3.12. The number of benzene rings is 1. The molecule has 3 rings (SSSR count). The third-order valence-corrected chi connectivity index (χ3v) is 4.84. The second-order valence-corrected chi connectivity index (χ2v) is 6.78. The van der Waals surface area contributed by atoms with Crippen LogP contribution in [-0.2, 0) is 19.5 Å². The van der Waals surface area contributed by atoms with E-state index in [1.54, 1.807) is 6.07 Å². The topological polar surface area (TPSA) is 76.0 Å². The monoisotopic (exact) mass is 374 g/mol. The van der Waals surface area contributed by atoms with E-state index in [0.29, 0.717) is 29.6 Å². The summed E-state index contributed by atoms with van der Waals surface area (Å²) >= 11 is 6.14. The molecule has 0 saturated heterocycles. The molecule has 0 unspecified atom stereocenters. The number of carbonyl (C=O) groups is 2. The maximum atomic E-state index is 12.7. The summed E-state index contributed by atoms with van der Waals surface area (Å²) in [5.74, 6) is -0.165. The Kier molecular flexibility index (Phi) is 5.93. The molecule has 26 heavy (non-hydrogen) atoms. The molecule has 1 aromatic heterocycles. The summed E-state index contributed by atoms with van der Waals surface area (Å²) in [6, 6.07) is 7.38. The van der Waals surface area contributed by atoms with E-state index in [1.807, 2.05) is 29.7 Å². The van der Waals surface area contributed by atoms with E-state index in [-0.39, 0.29) is 11.8 Å². The molecule has 6 nitrogen and oxygen atoms in total. The van der Waals surface area contributed by atoms with E-state index in [2.05, 4.69) is 15.6 Å². The Morgan fingerprint density at radius 3 is 2.77 bits per heavy atom. The highest BCUT2D eigenvalue weighted by Gasteiger charge is 2.27. The van der Waals surface area contributed by atoms with Gasteiger partial charge in [-0.2, -0.15) is 0 Å². The van der Waals surface area contributed by atoms with Gasteiger partial charge in [0.2, 0.25) is 0 Å². The van der Waals surface area contributed by atoms with Gasteiger partial charge in [0.05, 0.1) is 5.69 Å². The van der Waals surface area contributed by atoms with Crippen molar-refractivity contribution in [2.75, 3.05) is 6.54 Å². The van der Waals surface area contributed by atoms with Crippen LogP contribution in [-0.4, -0.2) is 27.9 Å². The predicted molar refractivity (Wildman–Crippen MR) is 100 cm³/mol. The molecule has 7 heteroatoms. The second kappa shape index (κ2) is 8.36. The quantitative estimate of drug-likeness (QED) is 0.816. The molecule has 0 saturated carbocycles. The van der Waals surface area contributed by atoms with Crippen molar-refractivity contribution in [1.29, 1.82) is 0 Å². The fraction of sp³-hybridized carbons (Fsp3) is 0.421. The minimum Gasteiger partial charge on any atom is -0.349 e. The Balaban J connectivity index is 1.80. The van der Waals surface area contributed by atoms with Crippen LogP contribution in [0.3, 0.4) is 0 Å². The molecule has 0 bridgehead atoms. The number of nitrogens with one attached hydrogen (secondary N) is 2. The van der Waals surface area contributed by atoms with Gasteiger partial charge < -0.3 is 15.2 Å². The van der Waals surface area contributed by atoms with E-state index in [4.69, 9.17) is 11.6 Å². The van der Waals surface area contributed by atoms with Crippen LogP contribution < -0.4 is 10.6 Å². The number of aromatic nitrogens is 2. The molecule has 138 valence electrons. The average molecular weight is 375 g/mol. The third kappa shape index (κ3) is 3.90. The van der Waals surface area contributed by atoms with Crippen molar-refractivity contribution in [3.05, 3.63) is 52.1 Å². The first-order chi connectivity index (χ1) is 12.6. The number of halogens is 1. The van der Waals surface area contributed by atoms with Gasteiger partial charge in [0.25, 0.3) is 11.8 Å². The molecule has 2 aromatic rings. The zero-order valence-electron chi connectivity index (χ0n) is 14.8. The lowest BCUT2D eigenvalue weighted by molar-refractivity contribution is 0.0937. The van der Waals surface area contributed by atoms with Gasteiger partial charge >= 0.3 is 0 Å². The van der Waals surface area contributed by atoms with Crippen molar-refractivity contribution in [2.45, 2.75) is 45.7 Å². The summed E-state index contributed by atoms with van der Waals surface area (Å²) in [4.78, 5) is 29.5. The molecule has 2 N–H and O–H groups in total. The van der Waals surface area contributed by atoms with Crippen LogP contribution in [0.25, 0.3) is 0 Å². The lowest BCUT2D eigenvalue weighted by Gasteiger charge is -2.17. The fourth-order valence-corrected chi connectivity index (χ4v) is 3.32. The smallest absolute Gasteiger partial charge is 0.287 e. The highest BCUT2D eigenvalue weighted by molar-refractivity contribution is 6.31.